The molecule has 1 aliphatic rings. The van der Waals surface area contributed by atoms with Crippen molar-refractivity contribution in [2.45, 2.75) is 24.8 Å². The van der Waals surface area contributed by atoms with Gasteiger partial charge in [-0.05, 0) is 42.6 Å². The number of halogens is 3. The molecule has 4 heteroatoms. The van der Waals surface area contributed by atoms with Crippen LogP contribution >= 0.6 is 35.6 Å². The van der Waals surface area contributed by atoms with Crippen LogP contribution in [0.25, 0.3) is 0 Å². The van der Waals surface area contributed by atoms with Crippen molar-refractivity contribution in [1.29, 1.82) is 0 Å². The van der Waals surface area contributed by atoms with Crippen LogP contribution in [0, 0.1) is 0 Å². The first-order valence-electron chi connectivity index (χ1n) is 6.92. The van der Waals surface area contributed by atoms with Gasteiger partial charge in [0.25, 0.3) is 0 Å². The Morgan fingerprint density at radius 1 is 0.905 bits per heavy atom. The second-order valence-corrected chi connectivity index (χ2v) is 6.03. The normalized spacial score (nSPS) is 20.5. The van der Waals surface area contributed by atoms with Gasteiger partial charge in [-0.25, -0.2) is 0 Å². The smallest absolute Gasteiger partial charge is 0.0630 e. The van der Waals surface area contributed by atoms with Gasteiger partial charge in [-0.1, -0.05) is 59.6 Å². The summed E-state index contributed by atoms with van der Waals surface area (Å²) in [4.78, 5) is 0. The van der Waals surface area contributed by atoms with Crippen LogP contribution in [0.5, 0.6) is 0 Å². The maximum Gasteiger partial charge on any atom is 0.0630 e. The van der Waals surface area contributed by atoms with Crippen LogP contribution in [0.15, 0.2) is 42.5 Å². The van der Waals surface area contributed by atoms with E-state index < -0.39 is 0 Å². The van der Waals surface area contributed by atoms with Crippen molar-refractivity contribution in [3.63, 3.8) is 0 Å². The van der Waals surface area contributed by atoms with Gasteiger partial charge in [0.2, 0.25) is 0 Å². The van der Waals surface area contributed by atoms with Crippen molar-refractivity contribution in [3.05, 3.63) is 69.2 Å². The maximum atomic E-state index is 6.42. The molecule has 3 rings (SSSR count). The lowest BCUT2D eigenvalue weighted by atomic mass is 9.77. The molecular weight excluding hydrogens is 325 g/mol. The molecule has 0 aliphatic heterocycles. The zero-order valence-electron chi connectivity index (χ0n) is 11.8. The Kier molecular flexibility index (Phi) is 5.56. The van der Waals surface area contributed by atoms with Gasteiger partial charge in [-0.3, -0.25) is 0 Å². The van der Waals surface area contributed by atoms with E-state index in [-0.39, 0.29) is 12.4 Å². The number of hydrogen-bond acceptors (Lipinski definition) is 1. The Labute approximate surface area is 142 Å². The quantitative estimate of drug-likeness (QED) is 0.749. The fraction of sp³-hybridized carbons (Fsp3) is 0.294. The third-order valence-corrected chi connectivity index (χ3v) is 5.03. The summed E-state index contributed by atoms with van der Waals surface area (Å²) >= 11 is 12.6. The van der Waals surface area contributed by atoms with Gasteiger partial charge in [-0.15, -0.1) is 12.4 Å². The lowest BCUT2D eigenvalue weighted by molar-refractivity contribution is 0.471. The second-order valence-electron chi connectivity index (χ2n) is 5.24. The Balaban J connectivity index is 0.00000161. The Morgan fingerprint density at radius 2 is 1.57 bits per heavy atom. The minimum atomic E-state index is 0. The monoisotopic (exact) mass is 341 g/mol. The molecule has 0 spiro atoms. The van der Waals surface area contributed by atoms with Crippen molar-refractivity contribution in [3.8, 4) is 0 Å². The zero-order valence-corrected chi connectivity index (χ0v) is 14.1. The van der Waals surface area contributed by atoms with Crippen LogP contribution in [-0.2, 0) is 0 Å². The van der Waals surface area contributed by atoms with Crippen LogP contribution < -0.4 is 5.32 Å². The van der Waals surface area contributed by atoms with E-state index in [0.717, 1.165) is 18.4 Å². The minimum Gasteiger partial charge on any atom is -0.313 e. The Hall–Kier alpha value is -0.730. The molecule has 0 unspecified atom stereocenters. The average Bonchev–Trinajstić information content (AvgIpc) is 2.49. The lowest BCUT2D eigenvalue weighted by Gasteiger charge is -2.32. The molecule has 2 aromatic rings. The molecule has 0 fully saturated rings. The van der Waals surface area contributed by atoms with Gasteiger partial charge >= 0.3 is 0 Å². The van der Waals surface area contributed by atoms with Gasteiger partial charge in [0.05, 0.1) is 10.0 Å². The zero-order chi connectivity index (χ0) is 14.1. The molecule has 0 heterocycles. The predicted molar refractivity (Wildman–Crippen MR) is 93.0 cm³/mol. The number of hydrogen-bond donors (Lipinski definition) is 1. The summed E-state index contributed by atoms with van der Waals surface area (Å²) in [6, 6.07) is 15.0. The molecule has 0 aromatic heterocycles. The lowest BCUT2D eigenvalue weighted by Crippen LogP contribution is -2.24. The molecule has 0 bridgehead atoms. The first-order valence-corrected chi connectivity index (χ1v) is 7.68. The summed E-state index contributed by atoms with van der Waals surface area (Å²) < 4.78 is 0. The molecular formula is C17H18Cl3N. The molecule has 0 saturated heterocycles. The van der Waals surface area contributed by atoms with Crippen LogP contribution in [0.4, 0.5) is 0 Å². The fourth-order valence-electron chi connectivity index (χ4n) is 3.20. The van der Waals surface area contributed by atoms with E-state index in [4.69, 9.17) is 23.2 Å². The number of nitrogens with one attached hydrogen (secondary N) is 1. The highest BCUT2D eigenvalue weighted by atomic mass is 35.5. The molecule has 0 amide bonds. The molecule has 1 aliphatic carbocycles. The molecule has 0 radical (unpaired) electrons. The minimum absolute atomic E-state index is 0. The summed E-state index contributed by atoms with van der Waals surface area (Å²) in [5.41, 5.74) is 3.88. The summed E-state index contributed by atoms with van der Waals surface area (Å²) in [6.07, 6.45) is 2.20. The molecule has 1 nitrogen and oxygen atoms in total. The number of benzene rings is 2. The number of fused-ring (bicyclic) bond motifs is 1. The van der Waals surface area contributed by atoms with E-state index >= 15 is 0 Å². The predicted octanol–water partition coefficient (Wildman–Crippen LogP) is 5.60. The average molecular weight is 343 g/mol. The number of rotatable bonds is 2. The molecule has 21 heavy (non-hydrogen) atoms. The Bertz CT molecular complexity index is 627. The van der Waals surface area contributed by atoms with Crippen molar-refractivity contribution >= 4 is 35.6 Å². The van der Waals surface area contributed by atoms with Gasteiger partial charge in [0.1, 0.15) is 0 Å². The second kappa shape index (κ2) is 7.02. The Morgan fingerprint density at radius 3 is 2.29 bits per heavy atom. The van der Waals surface area contributed by atoms with E-state index in [9.17, 15) is 0 Å². The topological polar surface area (TPSA) is 12.0 Å². The summed E-state index contributed by atoms with van der Waals surface area (Å²) in [5, 5.41) is 4.73. The van der Waals surface area contributed by atoms with E-state index in [1.807, 2.05) is 19.2 Å². The maximum absolute atomic E-state index is 6.42. The first-order chi connectivity index (χ1) is 9.72. The summed E-state index contributed by atoms with van der Waals surface area (Å²) in [6.45, 7) is 0. The molecule has 0 saturated carbocycles. The molecule has 2 atom stereocenters. The van der Waals surface area contributed by atoms with Crippen molar-refractivity contribution in [1.82, 2.24) is 5.32 Å². The highest BCUT2D eigenvalue weighted by molar-refractivity contribution is 6.42. The van der Waals surface area contributed by atoms with Crippen LogP contribution in [0.2, 0.25) is 10.0 Å². The third kappa shape index (κ3) is 3.07. The highest BCUT2D eigenvalue weighted by Gasteiger charge is 2.28. The molecule has 112 valence electrons. The van der Waals surface area contributed by atoms with Crippen molar-refractivity contribution in [2.75, 3.05) is 7.05 Å². The molecule has 1 N–H and O–H groups in total. The summed E-state index contributed by atoms with van der Waals surface area (Å²) in [5.74, 6) is 0.335. The van der Waals surface area contributed by atoms with Gasteiger partial charge < -0.3 is 5.32 Å². The molecule has 2 aromatic carbocycles. The van der Waals surface area contributed by atoms with Gasteiger partial charge in [0, 0.05) is 12.0 Å². The fourth-order valence-corrected chi connectivity index (χ4v) is 3.64. The van der Waals surface area contributed by atoms with Gasteiger partial charge in [-0.2, -0.15) is 0 Å². The van der Waals surface area contributed by atoms with Crippen LogP contribution in [0.1, 0.15) is 41.5 Å². The highest BCUT2D eigenvalue weighted by Crippen LogP contribution is 2.44. The van der Waals surface area contributed by atoms with Crippen molar-refractivity contribution < 1.29 is 0 Å². The first kappa shape index (κ1) is 16.6. The van der Waals surface area contributed by atoms with E-state index in [0.29, 0.717) is 22.0 Å². The van der Waals surface area contributed by atoms with Crippen molar-refractivity contribution in [2.24, 2.45) is 0 Å². The largest absolute Gasteiger partial charge is 0.313 e. The van der Waals surface area contributed by atoms with Crippen LogP contribution in [-0.4, -0.2) is 7.05 Å². The summed E-state index contributed by atoms with van der Waals surface area (Å²) in [7, 11) is 2.02. The van der Waals surface area contributed by atoms with E-state index in [2.05, 4.69) is 35.6 Å². The van der Waals surface area contributed by atoms with Crippen LogP contribution in [0.3, 0.4) is 0 Å². The van der Waals surface area contributed by atoms with E-state index in [1.165, 1.54) is 11.1 Å². The van der Waals surface area contributed by atoms with E-state index in [1.54, 1.807) is 0 Å². The standard InChI is InChI=1S/C17H17Cl2N.ClH/c1-20-16-10-9-12(11-5-2-3-6-13(11)16)14-7-4-8-15(18)17(14)19;/h2-8,12,16,20H,9-10H2,1H3;1H/t12-,16+;/m1./s1. The van der Waals surface area contributed by atoms with Gasteiger partial charge in [0.15, 0.2) is 0 Å². The third-order valence-electron chi connectivity index (χ3n) is 4.20. The SMILES string of the molecule is CN[C@H]1CC[C@@H](c2cccc(Cl)c2Cl)c2ccccc21.Cl.